The largest absolute Gasteiger partial charge is 0.398 e. The molecule has 0 fully saturated rings. The van der Waals surface area contributed by atoms with Crippen molar-refractivity contribution in [2.45, 2.75) is 0 Å². The topological polar surface area (TPSA) is 69.6 Å². The Morgan fingerprint density at radius 3 is 2.68 bits per heavy atom. The van der Waals surface area contributed by atoms with Crippen molar-refractivity contribution in [3.63, 3.8) is 0 Å². The fourth-order valence-corrected chi connectivity index (χ4v) is 2.22. The highest BCUT2D eigenvalue weighted by Gasteiger charge is 2.12. The van der Waals surface area contributed by atoms with E-state index in [0.29, 0.717) is 11.5 Å². The van der Waals surface area contributed by atoms with Crippen molar-refractivity contribution in [3.05, 3.63) is 53.0 Å². The van der Waals surface area contributed by atoms with Crippen LogP contribution in [0.1, 0.15) is 0 Å². The van der Waals surface area contributed by atoms with Crippen molar-refractivity contribution in [1.29, 1.82) is 0 Å². The van der Waals surface area contributed by atoms with Crippen molar-refractivity contribution in [2.24, 2.45) is 0 Å². The molecule has 19 heavy (non-hydrogen) atoms. The second-order valence-corrected chi connectivity index (χ2v) is 4.90. The van der Waals surface area contributed by atoms with Crippen LogP contribution in [0.4, 0.5) is 5.69 Å². The number of rotatable bonds is 2. The summed E-state index contributed by atoms with van der Waals surface area (Å²) < 4.78 is 2.63. The van der Waals surface area contributed by atoms with Gasteiger partial charge in [0.05, 0.1) is 5.69 Å². The molecule has 0 aliphatic rings. The van der Waals surface area contributed by atoms with Gasteiger partial charge in [-0.15, -0.1) is 5.10 Å². The third kappa shape index (κ3) is 2.22. The predicted molar refractivity (Wildman–Crippen MR) is 76.7 cm³/mol. The van der Waals surface area contributed by atoms with Gasteiger partial charge in [-0.25, -0.2) is 0 Å². The van der Waals surface area contributed by atoms with Gasteiger partial charge in [-0.1, -0.05) is 34.1 Å². The molecule has 0 amide bonds. The molecule has 6 heteroatoms. The maximum absolute atomic E-state index is 5.97. The van der Waals surface area contributed by atoms with E-state index in [9.17, 15) is 0 Å². The number of nitrogens with two attached hydrogens (primary N) is 1. The molecule has 0 saturated carbocycles. The third-order valence-corrected chi connectivity index (χ3v) is 3.22. The number of anilines is 1. The molecule has 1 heterocycles. The van der Waals surface area contributed by atoms with Crippen LogP contribution in [0.3, 0.4) is 0 Å². The molecular formula is C13H10BrN5. The molecular weight excluding hydrogens is 306 g/mol. The van der Waals surface area contributed by atoms with E-state index in [2.05, 4.69) is 31.5 Å². The Hall–Kier alpha value is -2.21. The van der Waals surface area contributed by atoms with Crippen LogP contribution in [0.5, 0.6) is 0 Å². The lowest BCUT2D eigenvalue weighted by atomic mass is 10.1. The van der Waals surface area contributed by atoms with Gasteiger partial charge in [0.2, 0.25) is 0 Å². The summed E-state index contributed by atoms with van der Waals surface area (Å²) in [5, 5.41) is 11.8. The Bertz CT molecular complexity index is 722. The molecule has 2 N–H and O–H groups in total. The van der Waals surface area contributed by atoms with Crippen LogP contribution in [0.2, 0.25) is 0 Å². The normalized spacial score (nSPS) is 10.6. The van der Waals surface area contributed by atoms with Crippen LogP contribution < -0.4 is 5.73 Å². The lowest BCUT2D eigenvalue weighted by Gasteiger charge is -2.06. The van der Waals surface area contributed by atoms with Crippen LogP contribution >= 0.6 is 15.9 Å². The number of nitrogen functional groups attached to an aromatic ring is 1. The number of aromatic nitrogens is 4. The Kier molecular flexibility index (Phi) is 3.00. The van der Waals surface area contributed by atoms with E-state index in [0.717, 1.165) is 15.7 Å². The predicted octanol–water partition coefficient (Wildman–Crippen LogP) is 2.67. The molecule has 0 spiro atoms. The van der Waals surface area contributed by atoms with E-state index in [-0.39, 0.29) is 0 Å². The van der Waals surface area contributed by atoms with E-state index in [1.165, 1.54) is 0 Å². The van der Waals surface area contributed by atoms with Crippen LogP contribution in [0.15, 0.2) is 53.0 Å². The first-order valence-electron chi connectivity index (χ1n) is 5.65. The number of nitrogens with zero attached hydrogens (tertiary/aromatic N) is 4. The molecule has 0 aliphatic carbocycles. The van der Waals surface area contributed by atoms with E-state index in [4.69, 9.17) is 5.73 Å². The first-order valence-corrected chi connectivity index (χ1v) is 6.44. The van der Waals surface area contributed by atoms with Crippen LogP contribution in [0.25, 0.3) is 17.1 Å². The molecule has 0 saturated heterocycles. The van der Waals surface area contributed by atoms with Crippen LogP contribution in [-0.2, 0) is 0 Å². The summed E-state index contributed by atoms with van der Waals surface area (Å²) in [6, 6.07) is 15.3. The van der Waals surface area contributed by atoms with Crippen LogP contribution in [-0.4, -0.2) is 20.2 Å². The molecule has 0 atom stereocenters. The number of hydrogen-bond acceptors (Lipinski definition) is 4. The minimum atomic E-state index is 0.621. The van der Waals surface area contributed by atoms with Crippen molar-refractivity contribution in [3.8, 4) is 17.1 Å². The fraction of sp³-hybridized carbons (Fsp3) is 0. The average Bonchev–Trinajstić information content (AvgIpc) is 2.88. The summed E-state index contributed by atoms with van der Waals surface area (Å²) in [4.78, 5) is 0. The first-order chi connectivity index (χ1) is 9.25. The monoisotopic (exact) mass is 315 g/mol. The standard InChI is InChI=1S/C13H10BrN5/c14-9-4-3-5-10(8-9)19-13(16-17-18-19)11-6-1-2-7-12(11)15/h1-8H,15H2. The second-order valence-electron chi connectivity index (χ2n) is 3.98. The first kappa shape index (κ1) is 11.9. The number of benzene rings is 2. The maximum Gasteiger partial charge on any atom is 0.189 e. The van der Waals surface area contributed by atoms with Crippen molar-refractivity contribution in [1.82, 2.24) is 20.2 Å². The molecule has 1 aromatic heterocycles. The molecule has 5 nitrogen and oxygen atoms in total. The molecule has 0 bridgehead atoms. The van der Waals surface area contributed by atoms with E-state index in [1.54, 1.807) is 4.68 Å². The molecule has 0 unspecified atom stereocenters. The Balaban J connectivity index is 2.16. The fourth-order valence-electron chi connectivity index (χ4n) is 1.84. The molecule has 0 radical (unpaired) electrons. The average molecular weight is 316 g/mol. The molecule has 3 aromatic rings. The van der Waals surface area contributed by atoms with Gasteiger partial charge < -0.3 is 5.73 Å². The highest BCUT2D eigenvalue weighted by molar-refractivity contribution is 9.10. The van der Waals surface area contributed by atoms with Gasteiger partial charge in [0, 0.05) is 15.7 Å². The smallest absolute Gasteiger partial charge is 0.189 e. The van der Waals surface area contributed by atoms with Gasteiger partial charge in [0.25, 0.3) is 0 Å². The number of hydrogen-bond donors (Lipinski definition) is 1. The summed E-state index contributed by atoms with van der Waals surface area (Å²) >= 11 is 3.44. The number of halogens is 1. The van der Waals surface area contributed by atoms with E-state index < -0.39 is 0 Å². The van der Waals surface area contributed by atoms with E-state index >= 15 is 0 Å². The van der Waals surface area contributed by atoms with Crippen molar-refractivity contribution < 1.29 is 0 Å². The molecule has 0 aliphatic heterocycles. The lowest BCUT2D eigenvalue weighted by molar-refractivity contribution is 0.791. The summed E-state index contributed by atoms with van der Waals surface area (Å²) in [6.07, 6.45) is 0. The van der Waals surface area contributed by atoms with E-state index in [1.807, 2.05) is 48.5 Å². The quantitative estimate of drug-likeness (QED) is 0.738. The third-order valence-electron chi connectivity index (χ3n) is 2.72. The zero-order valence-electron chi connectivity index (χ0n) is 9.86. The second kappa shape index (κ2) is 4.81. The minimum Gasteiger partial charge on any atom is -0.398 e. The highest BCUT2D eigenvalue weighted by Crippen LogP contribution is 2.25. The van der Waals surface area contributed by atoms with Crippen molar-refractivity contribution in [2.75, 3.05) is 5.73 Å². The summed E-state index contributed by atoms with van der Waals surface area (Å²) in [7, 11) is 0. The summed E-state index contributed by atoms with van der Waals surface area (Å²) in [5.41, 5.74) is 8.30. The zero-order chi connectivity index (χ0) is 13.2. The van der Waals surface area contributed by atoms with Crippen molar-refractivity contribution >= 4 is 21.6 Å². The molecule has 94 valence electrons. The van der Waals surface area contributed by atoms with Gasteiger partial charge in [-0.05, 0) is 40.8 Å². The highest BCUT2D eigenvalue weighted by atomic mass is 79.9. The Morgan fingerprint density at radius 1 is 1.05 bits per heavy atom. The summed E-state index contributed by atoms with van der Waals surface area (Å²) in [5.74, 6) is 0.621. The van der Waals surface area contributed by atoms with Gasteiger partial charge in [-0.3, -0.25) is 0 Å². The number of tetrazole rings is 1. The minimum absolute atomic E-state index is 0.621. The van der Waals surface area contributed by atoms with Gasteiger partial charge >= 0.3 is 0 Å². The van der Waals surface area contributed by atoms with Gasteiger partial charge in [-0.2, -0.15) is 4.68 Å². The van der Waals surface area contributed by atoms with Gasteiger partial charge in [0.1, 0.15) is 0 Å². The molecule has 2 aromatic carbocycles. The summed E-state index contributed by atoms with van der Waals surface area (Å²) in [6.45, 7) is 0. The number of para-hydroxylation sites is 1. The Labute approximate surface area is 118 Å². The van der Waals surface area contributed by atoms with Gasteiger partial charge in [0.15, 0.2) is 5.82 Å². The maximum atomic E-state index is 5.97. The van der Waals surface area contributed by atoms with Crippen LogP contribution in [0, 0.1) is 0 Å². The molecule has 3 rings (SSSR count). The Morgan fingerprint density at radius 2 is 1.89 bits per heavy atom. The lowest BCUT2D eigenvalue weighted by Crippen LogP contribution is -2.01. The SMILES string of the molecule is Nc1ccccc1-c1nnnn1-c1cccc(Br)c1. The zero-order valence-corrected chi connectivity index (χ0v) is 11.4.